The highest BCUT2D eigenvalue weighted by atomic mass is 16.3. The minimum absolute atomic E-state index is 0.297. The van der Waals surface area contributed by atoms with E-state index in [1.165, 1.54) is 31.2 Å². The summed E-state index contributed by atoms with van der Waals surface area (Å²) < 4.78 is 0. The summed E-state index contributed by atoms with van der Waals surface area (Å²) >= 11 is 0. The van der Waals surface area contributed by atoms with E-state index in [1.807, 2.05) is 19.1 Å². The maximum absolute atomic E-state index is 10.0. The van der Waals surface area contributed by atoms with Gasteiger partial charge in [-0.05, 0) is 90.9 Å². The van der Waals surface area contributed by atoms with Gasteiger partial charge in [-0.2, -0.15) is 0 Å². The number of aryl methyl sites for hydroxylation is 1. The number of hydrogen-bond donors (Lipinski definition) is 2. The quantitative estimate of drug-likeness (QED) is 0.810. The van der Waals surface area contributed by atoms with E-state index in [-0.39, 0.29) is 0 Å². The maximum Gasteiger partial charge on any atom is 0.116 e. The van der Waals surface area contributed by atoms with E-state index >= 15 is 0 Å². The molecular weight excluding hydrogens is 296 g/mol. The van der Waals surface area contributed by atoms with Gasteiger partial charge in [-0.3, -0.25) is 0 Å². The smallest absolute Gasteiger partial charge is 0.116 e. The Morgan fingerprint density at radius 2 is 1.83 bits per heavy atom. The van der Waals surface area contributed by atoms with Crippen LogP contribution in [0.5, 0.6) is 5.75 Å². The summed E-state index contributed by atoms with van der Waals surface area (Å²) in [6, 6.07) is 5.94. The van der Waals surface area contributed by atoms with Crippen molar-refractivity contribution < 1.29 is 10.2 Å². The highest BCUT2D eigenvalue weighted by molar-refractivity contribution is 5.33. The lowest BCUT2D eigenvalue weighted by Gasteiger charge is -2.59. The van der Waals surface area contributed by atoms with Gasteiger partial charge in [0.25, 0.3) is 0 Å². The molecule has 134 valence electrons. The third-order valence-electron chi connectivity index (χ3n) is 7.33. The fraction of sp³-hybridized carbons (Fsp3) is 0.727. The van der Waals surface area contributed by atoms with E-state index in [2.05, 4.69) is 26.8 Å². The molecule has 0 bridgehead atoms. The molecule has 0 saturated heterocycles. The zero-order chi connectivity index (χ0) is 17.5. The lowest BCUT2D eigenvalue weighted by molar-refractivity contribution is -0.105. The number of benzene rings is 1. The Balaban J connectivity index is 1.94. The van der Waals surface area contributed by atoms with Gasteiger partial charge in [0.2, 0.25) is 0 Å². The molecule has 3 rings (SSSR count). The van der Waals surface area contributed by atoms with Crippen molar-refractivity contribution in [3.63, 3.8) is 0 Å². The van der Waals surface area contributed by atoms with Crippen LogP contribution in [0.25, 0.3) is 0 Å². The summed E-state index contributed by atoms with van der Waals surface area (Å²) in [6.07, 6.45) is 7.28. The van der Waals surface area contributed by atoms with Crippen LogP contribution in [0.1, 0.15) is 64.0 Å². The third-order valence-corrected chi connectivity index (χ3v) is 7.33. The van der Waals surface area contributed by atoms with Crippen molar-refractivity contribution in [3.05, 3.63) is 29.3 Å². The summed E-state index contributed by atoms with van der Waals surface area (Å²) in [6.45, 7) is 9.72. The van der Waals surface area contributed by atoms with Gasteiger partial charge < -0.3 is 10.2 Å². The summed E-state index contributed by atoms with van der Waals surface area (Å²) in [5.41, 5.74) is 3.04. The first-order valence-corrected chi connectivity index (χ1v) is 9.66. The number of phenolic OH excluding ortho intramolecular Hbond substituents is 1. The predicted molar refractivity (Wildman–Crippen MR) is 99.1 cm³/mol. The van der Waals surface area contributed by atoms with Gasteiger partial charge in [-0.15, -0.1) is 0 Å². The average Bonchev–Trinajstić information content (AvgIpc) is 2.47. The van der Waals surface area contributed by atoms with Gasteiger partial charge in [0, 0.05) is 6.61 Å². The number of hydrogen-bond acceptors (Lipinski definition) is 2. The minimum Gasteiger partial charge on any atom is -0.508 e. The Morgan fingerprint density at radius 3 is 2.50 bits per heavy atom. The molecule has 0 radical (unpaired) electrons. The number of aliphatic hydroxyl groups excluding tert-OH is 1. The normalized spacial score (nSPS) is 35.5. The first kappa shape index (κ1) is 17.8. The van der Waals surface area contributed by atoms with E-state index in [0.29, 0.717) is 35.0 Å². The Hall–Kier alpha value is -1.02. The SMILES string of the molecule is Cc1cc(O)cc(CC2C(CO)CCC3C(C)(C)CCCC23C)c1. The van der Waals surface area contributed by atoms with Crippen LogP contribution in [-0.4, -0.2) is 16.8 Å². The molecule has 0 aromatic heterocycles. The van der Waals surface area contributed by atoms with Crippen LogP contribution < -0.4 is 0 Å². The van der Waals surface area contributed by atoms with Gasteiger partial charge in [0.1, 0.15) is 5.75 Å². The van der Waals surface area contributed by atoms with Crippen LogP contribution in [0, 0.1) is 35.5 Å². The lowest BCUT2D eigenvalue weighted by atomic mass is 9.46. The summed E-state index contributed by atoms with van der Waals surface area (Å²) in [4.78, 5) is 0. The second kappa shape index (κ2) is 6.37. The van der Waals surface area contributed by atoms with Crippen molar-refractivity contribution in [1.29, 1.82) is 0 Å². The number of aromatic hydroxyl groups is 1. The van der Waals surface area contributed by atoms with E-state index in [4.69, 9.17) is 0 Å². The molecule has 2 aliphatic rings. The number of aliphatic hydroxyl groups is 1. The zero-order valence-electron chi connectivity index (χ0n) is 15.8. The molecule has 0 amide bonds. The largest absolute Gasteiger partial charge is 0.508 e. The Labute approximate surface area is 147 Å². The van der Waals surface area contributed by atoms with Crippen LogP contribution in [0.15, 0.2) is 18.2 Å². The molecule has 0 heterocycles. The first-order chi connectivity index (χ1) is 11.3. The molecule has 24 heavy (non-hydrogen) atoms. The summed E-state index contributed by atoms with van der Waals surface area (Å²) in [5.74, 6) is 2.00. The van der Waals surface area contributed by atoms with E-state index in [9.17, 15) is 10.2 Å². The highest BCUT2D eigenvalue weighted by Gasteiger charge is 2.54. The van der Waals surface area contributed by atoms with Crippen LogP contribution in [-0.2, 0) is 6.42 Å². The highest BCUT2D eigenvalue weighted by Crippen LogP contribution is 2.61. The molecule has 2 N–H and O–H groups in total. The molecule has 2 heteroatoms. The molecule has 0 spiro atoms. The molecule has 4 unspecified atom stereocenters. The summed E-state index contributed by atoms with van der Waals surface area (Å²) in [7, 11) is 0. The molecule has 4 atom stereocenters. The number of phenols is 1. The van der Waals surface area contributed by atoms with E-state index < -0.39 is 0 Å². The molecule has 1 aromatic carbocycles. The first-order valence-electron chi connectivity index (χ1n) is 9.66. The number of rotatable bonds is 3. The van der Waals surface area contributed by atoms with Crippen LogP contribution in [0.4, 0.5) is 0 Å². The van der Waals surface area contributed by atoms with Crippen molar-refractivity contribution in [2.45, 2.75) is 66.2 Å². The van der Waals surface area contributed by atoms with Crippen LogP contribution >= 0.6 is 0 Å². The van der Waals surface area contributed by atoms with Gasteiger partial charge in [-0.1, -0.05) is 33.3 Å². The second-order valence-corrected chi connectivity index (χ2v) is 9.41. The van der Waals surface area contributed by atoms with Gasteiger partial charge >= 0.3 is 0 Å². The standard InChI is InChI=1S/C22H34O2/c1-15-10-16(12-18(24)11-15)13-19-17(14-23)6-7-20-21(2,3)8-5-9-22(19,20)4/h10-12,17,19-20,23-24H,5-9,13-14H2,1-4H3. The Bertz CT molecular complexity index is 571. The molecule has 1 aromatic rings. The van der Waals surface area contributed by atoms with E-state index in [0.717, 1.165) is 24.3 Å². The molecule has 2 saturated carbocycles. The average molecular weight is 331 g/mol. The van der Waals surface area contributed by atoms with Gasteiger partial charge in [-0.25, -0.2) is 0 Å². The van der Waals surface area contributed by atoms with Crippen LogP contribution in [0.2, 0.25) is 0 Å². The zero-order valence-corrected chi connectivity index (χ0v) is 15.8. The van der Waals surface area contributed by atoms with Crippen molar-refractivity contribution in [2.24, 2.45) is 28.6 Å². The molecular formula is C22H34O2. The fourth-order valence-electron chi connectivity index (χ4n) is 6.28. The predicted octanol–water partition coefficient (Wildman–Crippen LogP) is 5.09. The lowest BCUT2D eigenvalue weighted by Crippen LogP contribution is -2.52. The fourth-order valence-corrected chi connectivity index (χ4v) is 6.28. The van der Waals surface area contributed by atoms with Crippen LogP contribution in [0.3, 0.4) is 0 Å². The topological polar surface area (TPSA) is 40.5 Å². The van der Waals surface area contributed by atoms with Crippen molar-refractivity contribution >= 4 is 0 Å². The second-order valence-electron chi connectivity index (χ2n) is 9.41. The number of fused-ring (bicyclic) bond motifs is 1. The summed E-state index contributed by atoms with van der Waals surface area (Å²) in [5, 5.41) is 20.0. The van der Waals surface area contributed by atoms with E-state index in [1.54, 1.807) is 0 Å². The molecule has 2 nitrogen and oxygen atoms in total. The Kier molecular flexibility index (Phi) is 4.72. The molecule has 0 aliphatic heterocycles. The maximum atomic E-state index is 10.0. The van der Waals surface area contributed by atoms with Gasteiger partial charge in [0.15, 0.2) is 0 Å². The van der Waals surface area contributed by atoms with Gasteiger partial charge in [0.05, 0.1) is 0 Å². The van der Waals surface area contributed by atoms with Crippen molar-refractivity contribution in [1.82, 2.24) is 0 Å². The monoisotopic (exact) mass is 330 g/mol. The molecule has 2 fully saturated rings. The Morgan fingerprint density at radius 1 is 1.08 bits per heavy atom. The minimum atomic E-state index is 0.297. The molecule has 2 aliphatic carbocycles. The van der Waals surface area contributed by atoms with Crippen molar-refractivity contribution in [2.75, 3.05) is 6.61 Å². The third kappa shape index (κ3) is 3.10. The van der Waals surface area contributed by atoms with Crippen molar-refractivity contribution in [3.8, 4) is 5.75 Å².